The quantitative estimate of drug-likeness (QED) is 0.615. The van der Waals surface area contributed by atoms with Crippen LogP contribution >= 0.6 is 0 Å². The van der Waals surface area contributed by atoms with E-state index in [0.29, 0.717) is 48.1 Å². The minimum atomic E-state index is -3.19. The Labute approximate surface area is 183 Å². The number of fused-ring (bicyclic) bond motifs is 1. The van der Waals surface area contributed by atoms with Crippen molar-refractivity contribution in [3.63, 3.8) is 0 Å². The van der Waals surface area contributed by atoms with E-state index >= 15 is 0 Å². The van der Waals surface area contributed by atoms with Gasteiger partial charge in [-0.1, -0.05) is 6.07 Å². The first-order valence-corrected chi connectivity index (χ1v) is 10.0. The predicted octanol–water partition coefficient (Wildman–Crippen LogP) is 4.13. The Kier molecular flexibility index (Phi) is 5.79. The molecule has 4 rings (SSSR count). The van der Waals surface area contributed by atoms with Crippen LogP contribution in [-0.4, -0.2) is 32.4 Å². The minimum absolute atomic E-state index is 0.196. The molecule has 0 atom stereocenters. The molecule has 166 valence electrons. The first-order valence-electron chi connectivity index (χ1n) is 10.0. The van der Waals surface area contributed by atoms with Gasteiger partial charge in [0.25, 0.3) is 0 Å². The fourth-order valence-electron chi connectivity index (χ4n) is 3.36. The number of anilines is 3. The summed E-state index contributed by atoms with van der Waals surface area (Å²) in [6.07, 6.45) is 2.27. The molecule has 32 heavy (non-hydrogen) atoms. The molecule has 2 N–H and O–H groups in total. The molecule has 0 radical (unpaired) electrons. The predicted molar refractivity (Wildman–Crippen MR) is 115 cm³/mol. The minimum Gasteiger partial charge on any atom is -0.376 e. The number of aromatic nitrogens is 4. The van der Waals surface area contributed by atoms with Gasteiger partial charge in [0.05, 0.1) is 24.6 Å². The summed E-state index contributed by atoms with van der Waals surface area (Å²) in [5.41, 5.74) is 4.15. The van der Waals surface area contributed by atoms with Crippen LogP contribution in [0.5, 0.6) is 0 Å². The number of nitrogens with zero attached hydrogens (tertiary/aromatic N) is 4. The molecule has 0 aromatic carbocycles. The van der Waals surface area contributed by atoms with Crippen LogP contribution in [0.25, 0.3) is 11.3 Å². The molecule has 0 aliphatic carbocycles. The molecule has 0 saturated carbocycles. The Morgan fingerprint density at radius 3 is 2.72 bits per heavy atom. The maximum Gasteiger partial charge on any atom is 0.303 e. The first kappa shape index (κ1) is 21.7. The van der Waals surface area contributed by atoms with Crippen LogP contribution in [0.1, 0.15) is 36.6 Å². The van der Waals surface area contributed by atoms with Gasteiger partial charge in [0.2, 0.25) is 11.7 Å². The Hall–Kier alpha value is -3.53. The number of carbonyl (C=O) groups is 1. The largest absolute Gasteiger partial charge is 0.376 e. The highest BCUT2D eigenvalue weighted by atomic mass is 19.3. The molecular weight excluding hydrogens is 418 g/mol. The van der Waals surface area contributed by atoms with Gasteiger partial charge in [-0.25, -0.2) is 15.0 Å². The average molecular weight is 440 g/mol. The Morgan fingerprint density at radius 2 is 1.97 bits per heavy atom. The standard InChI is InChI=1S/C22H22F2N6O2/c1-12-8-20(30-21(26-12)22(3,23)24)29-18-9-19(27-13(2)31)25-10-15(18)17-5-4-14-11-32-7-6-16(14)28-17/h4-5,8-10H,6-7,11H2,1-3H3,(H2,25,26,27,29,30,31). The molecule has 4 heterocycles. The number of pyridine rings is 2. The van der Waals surface area contributed by atoms with E-state index in [1.807, 2.05) is 12.1 Å². The highest BCUT2D eigenvalue weighted by molar-refractivity contribution is 5.89. The van der Waals surface area contributed by atoms with E-state index < -0.39 is 11.7 Å². The zero-order valence-electron chi connectivity index (χ0n) is 17.9. The number of halogens is 2. The van der Waals surface area contributed by atoms with Crippen LogP contribution in [0.4, 0.5) is 26.1 Å². The molecule has 3 aromatic heterocycles. The maximum atomic E-state index is 13.8. The average Bonchev–Trinajstić information content (AvgIpc) is 2.72. The SMILES string of the molecule is CC(=O)Nc1cc(Nc2cc(C)nc(C(C)(F)F)n2)c(-c2ccc3c(n2)CCOC3)cn1. The lowest BCUT2D eigenvalue weighted by atomic mass is 10.1. The summed E-state index contributed by atoms with van der Waals surface area (Å²) < 4.78 is 33.1. The Balaban J connectivity index is 1.78. The van der Waals surface area contributed by atoms with Crippen molar-refractivity contribution in [3.8, 4) is 11.3 Å². The molecule has 8 nitrogen and oxygen atoms in total. The van der Waals surface area contributed by atoms with Gasteiger partial charge in [-0.05, 0) is 18.6 Å². The smallest absolute Gasteiger partial charge is 0.303 e. The number of rotatable bonds is 5. The summed E-state index contributed by atoms with van der Waals surface area (Å²) in [6.45, 7) is 4.85. The van der Waals surface area contributed by atoms with Crippen molar-refractivity contribution in [1.82, 2.24) is 19.9 Å². The molecule has 0 bridgehead atoms. The molecule has 1 aliphatic rings. The molecule has 0 unspecified atom stereocenters. The van der Waals surface area contributed by atoms with Crippen LogP contribution in [0.2, 0.25) is 0 Å². The summed E-state index contributed by atoms with van der Waals surface area (Å²) >= 11 is 0. The van der Waals surface area contributed by atoms with Crippen LogP contribution in [0.15, 0.2) is 30.5 Å². The maximum absolute atomic E-state index is 13.8. The lowest BCUT2D eigenvalue weighted by Crippen LogP contribution is -2.15. The molecule has 1 amide bonds. The van der Waals surface area contributed by atoms with Crippen LogP contribution in [0, 0.1) is 6.92 Å². The van der Waals surface area contributed by atoms with E-state index in [4.69, 9.17) is 9.72 Å². The van der Waals surface area contributed by atoms with Crippen molar-refractivity contribution >= 4 is 23.2 Å². The number of ether oxygens (including phenoxy) is 1. The van der Waals surface area contributed by atoms with Crippen molar-refractivity contribution < 1.29 is 18.3 Å². The van der Waals surface area contributed by atoms with Crippen LogP contribution < -0.4 is 10.6 Å². The second kappa shape index (κ2) is 8.54. The van der Waals surface area contributed by atoms with Crippen molar-refractivity contribution in [2.45, 2.75) is 39.7 Å². The fourth-order valence-corrected chi connectivity index (χ4v) is 3.36. The van der Waals surface area contributed by atoms with Crippen molar-refractivity contribution in [2.75, 3.05) is 17.2 Å². The van der Waals surface area contributed by atoms with Crippen LogP contribution in [-0.2, 0) is 28.5 Å². The van der Waals surface area contributed by atoms with Gasteiger partial charge in [-0.2, -0.15) is 8.78 Å². The molecule has 1 aliphatic heterocycles. The van der Waals surface area contributed by atoms with Gasteiger partial charge in [-0.15, -0.1) is 0 Å². The lowest BCUT2D eigenvalue weighted by Gasteiger charge is -2.18. The molecular formula is C22H22F2N6O2. The second-order valence-electron chi connectivity index (χ2n) is 7.63. The van der Waals surface area contributed by atoms with E-state index in [2.05, 4.69) is 25.6 Å². The van der Waals surface area contributed by atoms with Crippen molar-refractivity contribution in [3.05, 3.63) is 53.2 Å². The summed E-state index contributed by atoms with van der Waals surface area (Å²) in [6, 6.07) is 6.98. The Bertz CT molecular complexity index is 1180. The van der Waals surface area contributed by atoms with Gasteiger partial charge >= 0.3 is 5.92 Å². The number of hydrogen-bond acceptors (Lipinski definition) is 7. The van der Waals surface area contributed by atoms with Gasteiger partial charge in [0.1, 0.15) is 11.6 Å². The summed E-state index contributed by atoms with van der Waals surface area (Å²) in [5.74, 6) is -3.55. The van der Waals surface area contributed by atoms with E-state index in [0.717, 1.165) is 18.2 Å². The number of hydrogen-bond donors (Lipinski definition) is 2. The Morgan fingerprint density at radius 1 is 1.16 bits per heavy atom. The highest BCUT2D eigenvalue weighted by Crippen LogP contribution is 2.32. The van der Waals surface area contributed by atoms with E-state index in [-0.39, 0.29) is 11.7 Å². The first-order chi connectivity index (χ1) is 15.2. The third-order valence-electron chi connectivity index (χ3n) is 4.80. The van der Waals surface area contributed by atoms with E-state index in [1.54, 1.807) is 25.3 Å². The lowest BCUT2D eigenvalue weighted by molar-refractivity contribution is -0.114. The van der Waals surface area contributed by atoms with Gasteiger partial charge in [0, 0.05) is 55.5 Å². The summed E-state index contributed by atoms with van der Waals surface area (Å²) in [7, 11) is 0. The molecule has 0 fully saturated rings. The normalized spacial score (nSPS) is 13.4. The molecule has 0 saturated heterocycles. The van der Waals surface area contributed by atoms with Crippen LogP contribution in [0.3, 0.4) is 0 Å². The summed E-state index contributed by atoms with van der Waals surface area (Å²) in [4.78, 5) is 28.4. The molecule has 0 spiro atoms. The number of carbonyl (C=O) groups excluding carboxylic acids is 1. The van der Waals surface area contributed by atoms with Gasteiger partial charge in [0.15, 0.2) is 0 Å². The van der Waals surface area contributed by atoms with E-state index in [1.165, 1.54) is 6.92 Å². The zero-order valence-corrected chi connectivity index (χ0v) is 17.9. The van der Waals surface area contributed by atoms with Crippen molar-refractivity contribution in [2.24, 2.45) is 0 Å². The molecule has 3 aromatic rings. The van der Waals surface area contributed by atoms with Gasteiger partial charge in [-0.3, -0.25) is 9.78 Å². The highest BCUT2D eigenvalue weighted by Gasteiger charge is 2.29. The molecule has 10 heteroatoms. The topological polar surface area (TPSA) is 102 Å². The summed E-state index contributed by atoms with van der Waals surface area (Å²) in [5, 5.41) is 5.70. The zero-order chi connectivity index (χ0) is 22.9. The number of alkyl halides is 2. The van der Waals surface area contributed by atoms with Crippen molar-refractivity contribution in [1.29, 1.82) is 0 Å². The number of nitrogens with one attached hydrogen (secondary N) is 2. The second-order valence-corrected chi connectivity index (χ2v) is 7.63. The third kappa shape index (κ3) is 4.86. The third-order valence-corrected chi connectivity index (χ3v) is 4.80. The fraction of sp³-hybridized carbons (Fsp3) is 0.318. The number of aryl methyl sites for hydroxylation is 1. The number of amides is 1. The van der Waals surface area contributed by atoms with Gasteiger partial charge < -0.3 is 15.4 Å². The monoisotopic (exact) mass is 440 g/mol. The van der Waals surface area contributed by atoms with E-state index in [9.17, 15) is 13.6 Å².